The first kappa shape index (κ1) is 65.3. The summed E-state index contributed by atoms with van der Waals surface area (Å²) in [5.41, 5.74) is -1.14. The summed E-state index contributed by atoms with van der Waals surface area (Å²) < 4.78 is 5.07. The van der Waals surface area contributed by atoms with Crippen LogP contribution in [0.3, 0.4) is 0 Å². The van der Waals surface area contributed by atoms with Gasteiger partial charge in [0.25, 0.3) is 0 Å². The molecule has 0 aromatic rings. The molecule has 0 atom stereocenters. The van der Waals surface area contributed by atoms with Gasteiger partial charge in [0, 0.05) is 19.6 Å². The predicted molar refractivity (Wildman–Crippen MR) is 269 cm³/mol. The lowest BCUT2D eigenvalue weighted by Crippen LogP contribution is -2.39. The fourth-order valence-electron chi connectivity index (χ4n) is 7.55. The lowest BCUT2D eigenvalue weighted by molar-refractivity contribution is -0.151. The van der Waals surface area contributed by atoms with Crippen molar-refractivity contribution in [3.63, 3.8) is 0 Å². The Morgan fingerprint density at radius 2 is 0.597 bits per heavy atom. The minimum atomic E-state index is -1.14. The van der Waals surface area contributed by atoms with Crippen LogP contribution in [0.15, 0.2) is 12.2 Å². The Morgan fingerprint density at radius 1 is 0.355 bits per heavy atom. The minimum Gasteiger partial charge on any atom is -0.465 e. The number of ether oxygens (including phenoxy) is 1. The van der Waals surface area contributed by atoms with Gasteiger partial charge in [-0.05, 0) is 44.9 Å². The van der Waals surface area contributed by atoms with Gasteiger partial charge in [-0.2, -0.15) is 0 Å². The smallest absolute Gasteiger partial charge is 0.305 e. The molecule has 0 aromatic heterocycles. The van der Waals surface area contributed by atoms with Gasteiger partial charge in [-0.25, -0.2) is 0 Å². The molecular formula is C55H112O7. The molecule has 0 aliphatic rings. The summed E-state index contributed by atoms with van der Waals surface area (Å²) in [6.45, 7) is 6.15. The van der Waals surface area contributed by atoms with E-state index in [1.165, 1.54) is 225 Å². The lowest BCUT2D eigenvalue weighted by Gasteiger charge is -2.26. The van der Waals surface area contributed by atoms with Crippen LogP contribution in [0.1, 0.15) is 290 Å². The predicted octanol–water partition coefficient (Wildman–Crippen LogP) is 15.5. The van der Waals surface area contributed by atoms with Crippen LogP contribution in [-0.2, 0) is 9.53 Å². The van der Waals surface area contributed by atoms with E-state index in [1.54, 1.807) is 0 Å². The molecule has 0 unspecified atom stereocenters. The number of hydrogen-bond acceptors (Lipinski definition) is 7. The summed E-state index contributed by atoms with van der Waals surface area (Å²) in [5, 5.41) is 44.9. The molecule has 0 aliphatic heterocycles. The number of carbonyl (C=O) groups is 1. The standard InChI is InChI=1S/C23H44O5.2C16H34O/c1-2-3-4-5-6-7-8-9-10-11-12-13-14-15-16-17-22(27)28-21-23(18-24,19-25)20-26;2*1-2-3-4-5-6-7-8-9-10-11-12-13-14-15-16-17/h9-10,24-26H,2-8,11-21H2,1H3;2*17H,2-16H2,1H3/b10-9-;;. The zero-order valence-electron chi connectivity index (χ0n) is 42.1. The maximum absolute atomic E-state index is 11.7. The molecule has 7 heteroatoms. The third kappa shape index (κ3) is 57.0. The van der Waals surface area contributed by atoms with Crippen LogP contribution in [0, 0.1) is 5.41 Å². The first-order valence-corrected chi connectivity index (χ1v) is 27.3. The molecule has 0 saturated heterocycles. The van der Waals surface area contributed by atoms with Crippen LogP contribution in [-0.4, -0.2) is 71.1 Å². The average Bonchev–Trinajstić information content (AvgIpc) is 3.29. The van der Waals surface area contributed by atoms with Crippen LogP contribution in [0.25, 0.3) is 0 Å². The van der Waals surface area contributed by atoms with Crippen LogP contribution in [0.5, 0.6) is 0 Å². The Bertz CT molecular complexity index is 749. The van der Waals surface area contributed by atoms with Gasteiger partial charge in [-0.1, -0.05) is 251 Å². The topological polar surface area (TPSA) is 127 Å². The van der Waals surface area contributed by atoms with E-state index in [0.717, 1.165) is 38.5 Å². The number of aliphatic hydroxyl groups is 5. The number of allylic oxidation sites excluding steroid dienone is 2. The molecule has 0 radical (unpaired) electrons. The van der Waals surface area contributed by atoms with Gasteiger partial charge >= 0.3 is 5.97 Å². The van der Waals surface area contributed by atoms with Gasteiger partial charge in [-0.15, -0.1) is 0 Å². The maximum atomic E-state index is 11.7. The Labute approximate surface area is 387 Å². The fourth-order valence-corrected chi connectivity index (χ4v) is 7.55. The monoisotopic (exact) mass is 885 g/mol. The highest BCUT2D eigenvalue weighted by atomic mass is 16.5. The van der Waals surface area contributed by atoms with E-state index in [4.69, 9.17) is 14.9 Å². The quantitative estimate of drug-likeness (QED) is 0.0234. The third-order valence-corrected chi connectivity index (χ3v) is 12.2. The first-order valence-electron chi connectivity index (χ1n) is 27.3. The largest absolute Gasteiger partial charge is 0.465 e. The van der Waals surface area contributed by atoms with E-state index in [9.17, 15) is 20.1 Å². The van der Waals surface area contributed by atoms with Gasteiger partial charge < -0.3 is 30.3 Å². The molecule has 0 bridgehead atoms. The van der Waals surface area contributed by atoms with Crippen molar-refractivity contribution < 1.29 is 35.1 Å². The second-order valence-electron chi connectivity index (χ2n) is 18.6. The molecule has 7 nitrogen and oxygen atoms in total. The average molecular weight is 885 g/mol. The van der Waals surface area contributed by atoms with Crippen molar-refractivity contribution in [2.24, 2.45) is 5.41 Å². The summed E-state index contributed by atoms with van der Waals surface area (Å²) in [6.07, 6.45) is 59.1. The maximum Gasteiger partial charge on any atom is 0.305 e. The van der Waals surface area contributed by atoms with Crippen LogP contribution in [0.4, 0.5) is 0 Å². The Morgan fingerprint density at radius 3 is 0.855 bits per heavy atom. The lowest BCUT2D eigenvalue weighted by atomic mass is 9.93. The zero-order chi connectivity index (χ0) is 46.1. The molecule has 0 amide bonds. The highest BCUT2D eigenvalue weighted by Crippen LogP contribution is 2.17. The minimum absolute atomic E-state index is 0.152. The second-order valence-corrected chi connectivity index (χ2v) is 18.6. The Kier molecular flexibility index (Phi) is 63.2. The highest BCUT2D eigenvalue weighted by Gasteiger charge is 2.30. The van der Waals surface area contributed by atoms with Gasteiger partial charge in [-0.3, -0.25) is 4.79 Å². The van der Waals surface area contributed by atoms with Crippen LogP contribution >= 0.6 is 0 Å². The van der Waals surface area contributed by atoms with E-state index in [2.05, 4.69) is 32.9 Å². The van der Waals surface area contributed by atoms with Crippen molar-refractivity contribution in [1.82, 2.24) is 0 Å². The van der Waals surface area contributed by atoms with E-state index >= 15 is 0 Å². The molecule has 0 saturated carbocycles. The van der Waals surface area contributed by atoms with Crippen molar-refractivity contribution in [3.8, 4) is 0 Å². The SMILES string of the molecule is CCCCCCCC/C=C\CCCCCCCC(=O)OCC(CO)(CO)CO.CCCCCCCCCCCCCCCCO.CCCCCCCCCCCCCCCCO. The molecular weight excluding hydrogens is 773 g/mol. The normalized spacial score (nSPS) is 11.4. The summed E-state index contributed by atoms with van der Waals surface area (Å²) in [7, 11) is 0. The van der Waals surface area contributed by atoms with Crippen molar-refractivity contribution >= 4 is 5.97 Å². The highest BCUT2D eigenvalue weighted by molar-refractivity contribution is 5.69. The van der Waals surface area contributed by atoms with Crippen molar-refractivity contribution in [1.29, 1.82) is 0 Å². The summed E-state index contributed by atoms with van der Waals surface area (Å²) >= 11 is 0. The third-order valence-electron chi connectivity index (χ3n) is 12.2. The number of esters is 1. The molecule has 0 fully saturated rings. The number of aliphatic hydroxyl groups excluding tert-OH is 5. The van der Waals surface area contributed by atoms with Gasteiger partial charge in [0.15, 0.2) is 0 Å². The molecule has 62 heavy (non-hydrogen) atoms. The Balaban J connectivity index is -0.000000888. The van der Waals surface area contributed by atoms with Gasteiger partial charge in [0.1, 0.15) is 6.61 Å². The molecule has 0 aliphatic carbocycles. The summed E-state index contributed by atoms with van der Waals surface area (Å²) in [6, 6.07) is 0. The Hall–Kier alpha value is -0.990. The summed E-state index contributed by atoms with van der Waals surface area (Å²) in [4.78, 5) is 11.7. The second kappa shape index (κ2) is 60.0. The van der Waals surface area contributed by atoms with Crippen LogP contribution < -0.4 is 0 Å². The van der Waals surface area contributed by atoms with Crippen LogP contribution in [0.2, 0.25) is 0 Å². The molecule has 0 rings (SSSR count). The first-order chi connectivity index (χ1) is 30.5. The van der Waals surface area contributed by atoms with Crippen molar-refractivity contribution in [2.75, 3.05) is 39.6 Å². The van der Waals surface area contributed by atoms with E-state index in [0.29, 0.717) is 19.6 Å². The number of carbonyl (C=O) groups excluding carboxylic acids is 1. The van der Waals surface area contributed by atoms with E-state index < -0.39 is 25.2 Å². The number of unbranched alkanes of at least 4 members (excludes halogenated alkanes) is 37. The van der Waals surface area contributed by atoms with Crippen molar-refractivity contribution in [2.45, 2.75) is 290 Å². The van der Waals surface area contributed by atoms with Crippen molar-refractivity contribution in [3.05, 3.63) is 12.2 Å². The van der Waals surface area contributed by atoms with E-state index in [1.807, 2.05) is 0 Å². The van der Waals surface area contributed by atoms with Gasteiger partial charge in [0.2, 0.25) is 0 Å². The van der Waals surface area contributed by atoms with Gasteiger partial charge in [0.05, 0.1) is 25.2 Å². The molecule has 0 aromatic carbocycles. The number of rotatable bonds is 48. The molecule has 0 heterocycles. The molecule has 5 N–H and O–H groups in total. The zero-order valence-corrected chi connectivity index (χ0v) is 42.1. The van der Waals surface area contributed by atoms with E-state index in [-0.39, 0.29) is 12.6 Å². The molecule has 0 spiro atoms. The number of hydrogen-bond donors (Lipinski definition) is 5. The fraction of sp³-hybridized carbons (Fsp3) is 0.945. The molecule has 374 valence electrons. The summed E-state index contributed by atoms with van der Waals surface area (Å²) in [5.74, 6) is -0.336.